The Hall–Kier alpha value is -0.380. The zero-order valence-electron chi connectivity index (χ0n) is 11.5. The van der Waals surface area contributed by atoms with E-state index < -0.39 is 0 Å². The van der Waals surface area contributed by atoms with Crippen molar-refractivity contribution < 1.29 is 0 Å². The van der Waals surface area contributed by atoms with E-state index in [1.165, 1.54) is 67.3 Å². The van der Waals surface area contributed by atoms with Crippen LogP contribution < -0.4 is 5.32 Å². The topological polar surface area (TPSA) is 15.3 Å². The number of nitrogens with one attached hydrogen (secondary N) is 1. The van der Waals surface area contributed by atoms with Crippen LogP contribution in [0.4, 0.5) is 0 Å². The average Bonchev–Trinajstić information content (AvgIpc) is 2.82. The molecular weight excluding hydrogens is 300 g/mol. The van der Waals surface area contributed by atoms with Crippen LogP contribution in [0.2, 0.25) is 0 Å². The summed E-state index contributed by atoms with van der Waals surface area (Å²) in [5, 5.41) is 3.75. The molecule has 0 amide bonds. The van der Waals surface area contributed by atoms with Crippen LogP contribution >= 0.6 is 15.9 Å². The highest BCUT2D eigenvalue weighted by Gasteiger charge is 2.22. The number of rotatable bonds is 4. The molecule has 0 saturated carbocycles. The molecule has 1 aromatic rings. The van der Waals surface area contributed by atoms with Gasteiger partial charge in [-0.05, 0) is 62.0 Å². The van der Waals surface area contributed by atoms with Crippen molar-refractivity contribution >= 4 is 15.9 Å². The van der Waals surface area contributed by atoms with E-state index in [0.717, 1.165) is 6.54 Å². The molecule has 1 fully saturated rings. The van der Waals surface area contributed by atoms with Gasteiger partial charge in [-0.2, -0.15) is 0 Å². The fourth-order valence-electron chi connectivity index (χ4n) is 3.38. The van der Waals surface area contributed by atoms with Crippen molar-refractivity contribution in [3.63, 3.8) is 0 Å². The highest BCUT2D eigenvalue weighted by Crippen LogP contribution is 2.32. The van der Waals surface area contributed by atoms with Crippen molar-refractivity contribution in [2.24, 2.45) is 0 Å². The minimum Gasteiger partial charge on any atom is -0.309 e. The number of halogens is 1. The molecule has 0 bridgehead atoms. The van der Waals surface area contributed by atoms with E-state index in [1.807, 2.05) is 0 Å². The first kappa shape index (κ1) is 13.6. The lowest BCUT2D eigenvalue weighted by Crippen LogP contribution is -2.36. The summed E-state index contributed by atoms with van der Waals surface area (Å²) < 4.78 is 1.21. The van der Waals surface area contributed by atoms with Gasteiger partial charge in [0.05, 0.1) is 0 Å². The van der Waals surface area contributed by atoms with Crippen molar-refractivity contribution in [1.29, 1.82) is 0 Å². The minimum absolute atomic E-state index is 0.577. The third-order valence-electron chi connectivity index (χ3n) is 4.45. The van der Waals surface area contributed by atoms with Crippen molar-refractivity contribution in [2.45, 2.75) is 38.1 Å². The number of nitrogens with zero attached hydrogens (tertiary/aromatic N) is 1. The van der Waals surface area contributed by atoms with Gasteiger partial charge in [0, 0.05) is 23.6 Å². The van der Waals surface area contributed by atoms with E-state index in [4.69, 9.17) is 0 Å². The standard InChI is InChI=1S/C16H23BrN2/c17-14-5-6-15-13(12-14)4-7-16(15)18-8-11-19-9-2-1-3-10-19/h5-6,12,16,18H,1-4,7-11H2. The largest absolute Gasteiger partial charge is 0.309 e. The molecule has 1 aliphatic heterocycles. The number of aryl methyl sites for hydroxylation is 1. The highest BCUT2D eigenvalue weighted by atomic mass is 79.9. The van der Waals surface area contributed by atoms with Crippen LogP contribution in [-0.2, 0) is 6.42 Å². The normalized spacial score (nSPS) is 23.5. The molecule has 3 rings (SSSR count). The predicted molar refractivity (Wildman–Crippen MR) is 83.5 cm³/mol. The van der Waals surface area contributed by atoms with Crippen LogP contribution in [0.25, 0.3) is 0 Å². The van der Waals surface area contributed by atoms with E-state index >= 15 is 0 Å². The Kier molecular flexibility index (Phi) is 4.57. The second kappa shape index (κ2) is 6.38. The van der Waals surface area contributed by atoms with Gasteiger partial charge in [-0.1, -0.05) is 28.4 Å². The number of likely N-dealkylation sites (tertiary alicyclic amines) is 1. The third-order valence-corrected chi connectivity index (χ3v) is 4.94. The molecule has 3 heteroatoms. The SMILES string of the molecule is Brc1ccc2c(c1)CCC2NCCN1CCCCC1. The molecular formula is C16H23BrN2. The van der Waals surface area contributed by atoms with Crippen LogP contribution in [0.1, 0.15) is 42.9 Å². The fraction of sp³-hybridized carbons (Fsp3) is 0.625. The number of hydrogen-bond acceptors (Lipinski definition) is 2. The fourth-order valence-corrected chi connectivity index (χ4v) is 3.79. The second-order valence-corrected chi connectivity index (χ2v) is 6.71. The summed E-state index contributed by atoms with van der Waals surface area (Å²) in [6.45, 7) is 4.94. The van der Waals surface area contributed by atoms with Crippen LogP contribution in [0, 0.1) is 0 Å². The zero-order chi connectivity index (χ0) is 13.1. The van der Waals surface area contributed by atoms with E-state index in [-0.39, 0.29) is 0 Å². The molecule has 2 nitrogen and oxygen atoms in total. The van der Waals surface area contributed by atoms with Crippen LogP contribution in [0.3, 0.4) is 0 Å². The number of benzene rings is 1. The number of hydrogen-bond donors (Lipinski definition) is 1. The van der Waals surface area contributed by atoms with Crippen molar-refractivity contribution in [3.05, 3.63) is 33.8 Å². The van der Waals surface area contributed by atoms with E-state index in [0.29, 0.717) is 6.04 Å². The molecule has 0 radical (unpaired) electrons. The third kappa shape index (κ3) is 3.39. The summed E-state index contributed by atoms with van der Waals surface area (Å²) in [6, 6.07) is 7.31. The van der Waals surface area contributed by atoms with Gasteiger partial charge >= 0.3 is 0 Å². The van der Waals surface area contributed by atoms with Gasteiger partial charge in [0.1, 0.15) is 0 Å². The van der Waals surface area contributed by atoms with E-state index in [9.17, 15) is 0 Å². The summed E-state index contributed by atoms with van der Waals surface area (Å²) in [4.78, 5) is 2.61. The van der Waals surface area contributed by atoms with Crippen molar-refractivity contribution in [2.75, 3.05) is 26.2 Å². The molecule has 1 saturated heterocycles. The van der Waals surface area contributed by atoms with Gasteiger partial charge in [0.2, 0.25) is 0 Å². The van der Waals surface area contributed by atoms with Gasteiger partial charge in [-0.3, -0.25) is 0 Å². The molecule has 104 valence electrons. The van der Waals surface area contributed by atoms with Crippen LogP contribution in [-0.4, -0.2) is 31.1 Å². The second-order valence-electron chi connectivity index (χ2n) is 5.79. The maximum absolute atomic E-state index is 3.75. The van der Waals surface area contributed by atoms with Crippen LogP contribution in [0.5, 0.6) is 0 Å². The lowest BCUT2D eigenvalue weighted by atomic mass is 10.1. The van der Waals surface area contributed by atoms with Gasteiger partial charge in [0.15, 0.2) is 0 Å². The molecule has 1 atom stereocenters. The summed E-state index contributed by atoms with van der Waals surface area (Å²) in [6.07, 6.45) is 6.68. The minimum atomic E-state index is 0.577. The predicted octanol–water partition coefficient (Wildman–Crippen LogP) is 3.51. The van der Waals surface area contributed by atoms with Crippen molar-refractivity contribution in [3.8, 4) is 0 Å². The highest BCUT2D eigenvalue weighted by molar-refractivity contribution is 9.10. The zero-order valence-corrected chi connectivity index (χ0v) is 13.1. The Labute approximate surface area is 124 Å². The van der Waals surface area contributed by atoms with Crippen LogP contribution in [0.15, 0.2) is 22.7 Å². The maximum Gasteiger partial charge on any atom is 0.0326 e. The van der Waals surface area contributed by atoms with Gasteiger partial charge in [-0.25, -0.2) is 0 Å². The number of fused-ring (bicyclic) bond motifs is 1. The Bertz CT molecular complexity index is 427. The first-order valence-corrected chi connectivity index (χ1v) is 8.36. The Balaban J connectivity index is 1.49. The summed E-state index contributed by atoms with van der Waals surface area (Å²) >= 11 is 3.56. The maximum atomic E-state index is 3.75. The summed E-state index contributed by atoms with van der Waals surface area (Å²) in [7, 11) is 0. The quantitative estimate of drug-likeness (QED) is 0.912. The smallest absolute Gasteiger partial charge is 0.0326 e. The molecule has 0 aromatic heterocycles. The lowest BCUT2D eigenvalue weighted by Gasteiger charge is -2.27. The molecule has 1 aliphatic carbocycles. The Morgan fingerprint density at radius 2 is 2.05 bits per heavy atom. The molecule has 1 aromatic carbocycles. The monoisotopic (exact) mass is 322 g/mol. The first-order valence-electron chi connectivity index (χ1n) is 7.57. The molecule has 19 heavy (non-hydrogen) atoms. The van der Waals surface area contributed by atoms with Gasteiger partial charge < -0.3 is 10.2 Å². The van der Waals surface area contributed by atoms with Gasteiger partial charge in [-0.15, -0.1) is 0 Å². The molecule has 1 N–H and O–H groups in total. The number of piperidine rings is 1. The van der Waals surface area contributed by atoms with E-state index in [2.05, 4.69) is 44.3 Å². The Morgan fingerprint density at radius 3 is 2.89 bits per heavy atom. The molecule has 0 spiro atoms. The van der Waals surface area contributed by atoms with Crippen molar-refractivity contribution in [1.82, 2.24) is 10.2 Å². The molecule has 1 heterocycles. The van der Waals surface area contributed by atoms with E-state index in [1.54, 1.807) is 0 Å². The molecule has 2 aliphatic rings. The summed E-state index contributed by atoms with van der Waals surface area (Å²) in [5.41, 5.74) is 3.03. The average molecular weight is 323 g/mol. The first-order chi connectivity index (χ1) is 9.33. The summed E-state index contributed by atoms with van der Waals surface area (Å²) in [5.74, 6) is 0. The Morgan fingerprint density at radius 1 is 1.21 bits per heavy atom. The molecule has 1 unspecified atom stereocenters. The van der Waals surface area contributed by atoms with Gasteiger partial charge in [0.25, 0.3) is 0 Å². The lowest BCUT2D eigenvalue weighted by molar-refractivity contribution is 0.226.